The van der Waals surface area contributed by atoms with E-state index in [1.807, 2.05) is 13.8 Å². The van der Waals surface area contributed by atoms with Crippen molar-refractivity contribution in [3.05, 3.63) is 35.4 Å². The Kier molecular flexibility index (Phi) is 7.04. The zero-order chi connectivity index (χ0) is 26.4. The second-order valence-electron chi connectivity index (χ2n) is 11.0. The molecule has 0 radical (unpaired) electrons. The van der Waals surface area contributed by atoms with Crippen molar-refractivity contribution in [1.29, 1.82) is 0 Å². The standard InChI is InChI=1S/C27H35NO9/c1-15-4-9-20-16(2)24(34-25-27(20)19(15)12-13-26(3,35-25)36-37-27)33-22(30)11-10-21(29)28-14-17-5-7-18(8-6-17)23(31)32/h5-8,15-16,19-20,24-25H,4,9-14H2,1-3H3,(H,28,29)(H,31,32)/t15-,16-,19+,20+,24-,25-,26-,27?/m1/s1. The Bertz CT molecular complexity index is 1040. The molecule has 5 fully saturated rings. The first kappa shape index (κ1) is 26.1. The lowest BCUT2D eigenvalue weighted by atomic mass is 9.58. The van der Waals surface area contributed by atoms with E-state index < -0.39 is 35.9 Å². The molecule has 2 bridgehead atoms. The molecule has 2 N–H and O–H groups in total. The van der Waals surface area contributed by atoms with E-state index in [0.717, 1.165) is 24.8 Å². The summed E-state index contributed by atoms with van der Waals surface area (Å²) in [5, 5.41) is 11.7. The highest BCUT2D eigenvalue weighted by molar-refractivity contribution is 5.87. The predicted octanol–water partition coefficient (Wildman–Crippen LogP) is 3.53. The lowest BCUT2D eigenvalue weighted by molar-refractivity contribution is -0.576. The Morgan fingerprint density at radius 3 is 2.54 bits per heavy atom. The number of aromatic carboxylic acids is 1. The van der Waals surface area contributed by atoms with Gasteiger partial charge >= 0.3 is 11.9 Å². The number of rotatable bonds is 7. The molecular weight excluding hydrogens is 482 g/mol. The van der Waals surface area contributed by atoms with E-state index in [1.54, 1.807) is 12.1 Å². The highest BCUT2D eigenvalue weighted by atomic mass is 17.3. The topological polar surface area (TPSA) is 130 Å². The Labute approximate surface area is 215 Å². The van der Waals surface area contributed by atoms with Crippen molar-refractivity contribution >= 4 is 17.8 Å². The molecule has 1 amide bonds. The maximum Gasteiger partial charge on any atom is 0.335 e. The van der Waals surface area contributed by atoms with Gasteiger partial charge in [0.05, 0.1) is 12.0 Å². The number of carbonyl (C=O) groups excluding carboxylic acids is 2. The summed E-state index contributed by atoms with van der Waals surface area (Å²) in [6.07, 6.45) is 1.95. The average Bonchev–Trinajstić information content (AvgIpc) is 3.10. The van der Waals surface area contributed by atoms with Crippen LogP contribution >= 0.6 is 0 Å². The van der Waals surface area contributed by atoms with Crippen LogP contribution in [0.2, 0.25) is 0 Å². The SMILES string of the molecule is C[C@H]1[C@H](OC(=O)CCC(=O)NCc2ccc(C(=O)O)cc2)O[C@@H]2O[C@@]3(C)CC[C@H]4[C@H](C)CC[C@@H]1C24OO3. The lowest BCUT2D eigenvalue weighted by Gasteiger charge is -2.59. The molecule has 1 saturated carbocycles. The molecule has 1 aliphatic carbocycles. The van der Waals surface area contributed by atoms with E-state index in [0.29, 0.717) is 12.3 Å². The van der Waals surface area contributed by atoms with Gasteiger partial charge in [-0.3, -0.25) is 9.59 Å². The second kappa shape index (κ2) is 9.98. The largest absolute Gasteiger partial charge is 0.478 e. The van der Waals surface area contributed by atoms with Gasteiger partial charge in [0.15, 0.2) is 11.9 Å². The summed E-state index contributed by atoms with van der Waals surface area (Å²) in [7, 11) is 0. The smallest absolute Gasteiger partial charge is 0.335 e. The molecule has 10 heteroatoms. The molecule has 8 atom stereocenters. The van der Waals surface area contributed by atoms with Crippen LogP contribution < -0.4 is 5.32 Å². The molecule has 4 saturated heterocycles. The van der Waals surface area contributed by atoms with Crippen LogP contribution in [-0.4, -0.2) is 46.9 Å². The zero-order valence-corrected chi connectivity index (χ0v) is 21.4. The van der Waals surface area contributed by atoms with E-state index in [-0.39, 0.29) is 48.6 Å². The number of amides is 1. The average molecular weight is 518 g/mol. The summed E-state index contributed by atoms with van der Waals surface area (Å²) in [4.78, 5) is 47.8. The first-order valence-electron chi connectivity index (χ1n) is 13.1. The molecule has 6 rings (SSSR count). The number of nitrogens with one attached hydrogen (secondary N) is 1. The van der Waals surface area contributed by atoms with Crippen molar-refractivity contribution in [3.8, 4) is 0 Å². The molecule has 37 heavy (non-hydrogen) atoms. The molecule has 1 aromatic carbocycles. The molecule has 202 valence electrons. The normalized spacial score (nSPS) is 38.2. The highest BCUT2D eigenvalue weighted by Crippen LogP contribution is 2.60. The third-order valence-electron chi connectivity index (χ3n) is 8.59. The van der Waals surface area contributed by atoms with E-state index in [9.17, 15) is 14.4 Å². The monoisotopic (exact) mass is 517 g/mol. The minimum absolute atomic E-state index is 0.0327. The lowest BCUT2D eigenvalue weighted by Crippen LogP contribution is -2.70. The van der Waals surface area contributed by atoms with Gasteiger partial charge < -0.3 is 24.6 Å². The van der Waals surface area contributed by atoms with E-state index >= 15 is 0 Å². The van der Waals surface area contributed by atoms with E-state index in [1.165, 1.54) is 12.1 Å². The van der Waals surface area contributed by atoms with Crippen LogP contribution in [0.25, 0.3) is 0 Å². The molecular formula is C27H35NO9. The van der Waals surface area contributed by atoms with Gasteiger partial charge in [0, 0.05) is 31.2 Å². The van der Waals surface area contributed by atoms with Gasteiger partial charge in [0.2, 0.25) is 18.0 Å². The molecule has 10 nitrogen and oxygen atoms in total. The van der Waals surface area contributed by atoms with Crippen LogP contribution in [0.3, 0.4) is 0 Å². The summed E-state index contributed by atoms with van der Waals surface area (Å²) < 4.78 is 18.3. The summed E-state index contributed by atoms with van der Waals surface area (Å²) >= 11 is 0. The minimum atomic E-state index is -1.01. The number of fused-ring (bicyclic) bond motifs is 2. The van der Waals surface area contributed by atoms with E-state index in [4.69, 9.17) is 29.1 Å². The van der Waals surface area contributed by atoms with E-state index in [2.05, 4.69) is 12.2 Å². The van der Waals surface area contributed by atoms with Crippen LogP contribution in [0.1, 0.15) is 75.2 Å². The Morgan fingerprint density at radius 2 is 1.81 bits per heavy atom. The second-order valence-corrected chi connectivity index (χ2v) is 11.0. The van der Waals surface area contributed by atoms with Crippen LogP contribution in [0.15, 0.2) is 24.3 Å². The van der Waals surface area contributed by atoms with Gasteiger partial charge in [-0.15, -0.1) is 0 Å². The molecule has 1 spiro atoms. The number of carboxylic acids is 1. The fraction of sp³-hybridized carbons (Fsp3) is 0.667. The molecule has 1 aromatic rings. The summed E-state index contributed by atoms with van der Waals surface area (Å²) in [6.45, 7) is 6.33. The van der Waals surface area contributed by atoms with Gasteiger partial charge in [-0.2, -0.15) is 0 Å². The first-order chi connectivity index (χ1) is 17.6. The number of ether oxygens (including phenoxy) is 3. The van der Waals surface area contributed by atoms with Gasteiger partial charge in [-0.25, -0.2) is 14.6 Å². The highest BCUT2D eigenvalue weighted by Gasteiger charge is 2.69. The van der Waals surface area contributed by atoms with Crippen molar-refractivity contribution < 1.29 is 43.5 Å². The molecule has 5 aliphatic rings. The Hall–Kier alpha value is -2.53. The quantitative estimate of drug-likeness (QED) is 0.412. The number of carbonyl (C=O) groups is 3. The van der Waals surface area contributed by atoms with Crippen LogP contribution in [-0.2, 0) is 40.1 Å². The maximum absolute atomic E-state index is 12.7. The van der Waals surface area contributed by atoms with Crippen molar-refractivity contribution in [1.82, 2.24) is 5.32 Å². The van der Waals surface area contributed by atoms with Crippen molar-refractivity contribution in [2.45, 2.75) is 89.8 Å². The molecule has 1 unspecified atom stereocenters. The van der Waals surface area contributed by atoms with Crippen LogP contribution in [0.5, 0.6) is 0 Å². The predicted molar refractivity (Wildman–Crippen MR) is 127 cm³/mol. The number of esters is 1. The third-order valence-corrected chi connectivity index (χ3v) is 8.59. The first-order valence-corrected chi connectivity index (χ1v) is 13.1. The van der Waals surface area contributed by atoms with Crippen molar-refractivity contribution in [2.24, 2.45) is 23.7 Å². The fourth-order valence-electron chi connectivity index (χ4n) is 6.46. The third kappa shape index (κ3) is 4.87. The van der Waals surface area contributed by atoms with Crippen LogP contribution in [0, 0.1) is 23.7 Å². The van der Waals surface area contributed by atoms with Crippen LogP contribution in [0.4, 0.5) is 0 Å². The van der Waals surface area contributed by atoms with Gasteiger partial charge in [0.1, 0.15) is 0 Å². The van der Waals surface area contributed by atoms with Crippen molar-refractivity contribution in [3.63, 3.8) is 0 Å². The van der Waals surface area contributed by atoms with Gasteiger partial charge in [-0.05, 0) is 55.7 Å². The number of hydrogen-bond acceptors (Lipinski definition) is 8. The molecule has 4 aliphatic heterocycles. The molecule has 0 aromatic heterocycles. The zero-order valence-electron chi connectivity index (χ0n) is 21.4. The maximum atomic E-state index is 12.7. The number of carboxylic acid groups (broad SMARTS) is 1. The molecule has 4 heterocycles. The fourth-order valence-corrected chi connectivity index (χ4v) is 6.46. The Morgan fingerprint density at radius 1 is 1.05 bits per heavy atom. The number of benzene rings is 1. The summed E-state index contributed by atoms with van der Waals surface area (Å²) in [5.41, 5.74) is 0.215. The number of hydrogen-bond donors (Lipinski definition) is 2. The summed E-state index contributed by atoms with van der Waals surface area (Å²) in [6, 6.07) is 6.24. The minimum Gasteiger partial charge on any atom is -0.478 e. The summed E-state index contributed by atoms with van der Waals surface area (Å²) in [5.74, 6) is -2.15. The van der Waals surface area contributed by atoms with Gasteiger partial charge in [0.25, 0.3) is 0 Å². The van der Waals surface area contributed by atoms with Crippen molar-refractivity contribution in [2.75, 3.05) is 0 Å². The Balaban J connectivity index is 1.16. The van der Waals surface area contributed by atoms with Gasteiger partial charge in [-0.1, -0.05) is 26.0 Å².